The smallest absolute Gasteiger partial charge is 0.205 e. The highest BCUT2D eigenvalue weighted by atomic mass is 35.5. The van der Waals surface area contributed by atoms with E-state index >= 15 is 0 Å². The van der Waals surface area contributed by atoms with Crippen LogP contribution in [0.5, 0.6) is 11.5 Å². The topological polar surface area (TPSA) is 100 Å². The fraction of sp³-hybridized carbons (Fsp3) is 0.326. The van der Waals surface area contributed by atoms with Crippen LogP contribution in [0.3, 0.4) is 0 Å². The summed E-state index contributed by atoms with van der Waals surface area (Å²) in [6.45, 7) is 8.97. The number of hydrogen-bond donors (Lipinski definition) is 0. The van der Waals surface area contributed by atoms with Crippen LogP contribution < -0.4 is 19.3 Å². The van der Waals surface area contributed by atoms with Crippen LogP contribution in [0.25, 0.3) is 22.8 Å². The van der Waals surface area contributed by atoms with Crippen LogP contribution in [-0.2, 0) is 6.42 Å². The summed E-state index contributed by atoms with van der Waals surface area (Å²) in [6, 6.07) is 30.9. The number of nitrogens with zero attached hydrogens (tertiary/aromatic N) is 8. The predicted octanol–water partition coefficient (Wildman–Crippen LogP) is 8.49. The lowest BCUT2D eigenvalue weighted by Gasteiger charge is -2.34. The third-order valence-electron chi connectivity index (χ3n) is 10.2. The average molecular weight is 858 g/mol. The fourth-order valence-corrected chi connectivity index (χ4v) is 8.48. The average Bonchev–Trinajstić information content (AvgIpc) is 3.97. The van der Waals surface area contributed by atoms with Crippen molar-refractivity contribution < 1.29 is 14.3 Å². The standard InChI is InChI=1S/C22H25ClN4OS.C21H21ClN4O2S/c1-28-20-10-4-17(5-11-20)3-2-12-26-13-15-27(16-14-26)22-24-21(25-29-22)18-6-8-19(23)9-7-18;1-28-18-8-4-15(5-9-18)19(27)14-25-10-12-26(13-11-25)21-23-20(24-29-21)16-2-6-17(22)7-3-16/h4-11H,2-3,12-16H2,1H3;2-9H,10-14H2,1H3. The van der Waals surface area contributed by atoms with Crippen molar-refractivity contribution >= 4 is 62.3 Å². The maximum absolute atomic E-state index is 12.5. The SMILES string of the molecule is COc1ccc(C(=O)CN2CCN(c3nc(-c4ccc(Cl)cc4)ns3)CC2)cc1.COc1ccc(CCCN2CCN(c3nc(-c4ccc(Cl)cc4)ns3)CC2)cc1. The number of anilines is 2. The summed E-state index contributed by atoms with van der Waals surface area (Å²) < 4.78 is 19.4. The highest BCUT2D eigenvalue weighted by Crippen LogP contribution is 2.27. The highest BCUT2D eigenvalue weighted by Gasteiger charge is 2.23. The maximum atomic E-state index is 12.5. The molecule has 2 aromatic heterocycles. The lowest BCUT2D eigenvalue weighted by molar-refractivity contribution is 0.0926. The number of carbonyl (C=O) groups is 1. The Kier molecular flexibility index (Phi) is 14.6. The number of ketones is 1. The van der Waals surface area contributed by atoms with Crippen LogP contribution in [-0.4, -0.2) is 114 Å². The molecule has 0 unspecified atom stereocenters. The number of aromatic nitrogens is 4. The fourth-order valence-electron chi connectivity index (χ4n) is 6.75. The molecule has 15 heteroatoms. The van der Waals surface area contributed by atoms with Gasteiger partial charge in [0.05, 0.1) is 20.8 Å². The molecule has 302 valence electrons. The molecule has 2 saturated heterocycles. The number of carbonyl (C=O) groups excluding carboxylic acids is 1. The first-order valence-corrected chi connectivity index (χ1v) is 21.6. The molecule has 2 fully saturated rings. The Labute approximate surface area is 358 Å². The third kappa shape index (κ3) is 11.3. The minimum atomic E-state index is 0.127. The highest BCUT2D eigenvalue weighted by molar-refractivity contribution is 7.10. The first kappa shape index (κ1) is 41.5. The normalized spacial score (nSPS) is 14.8. The number of benzene rings is 4. The van der Waals surface area contributed by atoms with Crippen molar-refractivity contribution in [1.82, 2.24) is 28.5 Å². The van der Waals surface area contributed by atoms with Crippen LogP contribution in [0, 0.1) is 0 Å². The molecule has 8 rings (SSSR count). The molecule has 0 spiro atoms. The molecule has 0 aliphatic carbocycles. The zero-order valence-corrected chi connectivity index (χ0v) is 35.7. The van der Waals surface area contributed by atoms with Crippen molar-refractivity contribution in [3.8, 4) is 34.3 Å². The van der Waals surface area contributed by atoms with Gasteiger partial charge in [-0.1, -0.05) is 35.3 Å². The molecule has 0 radical (unpaired) electrons. The second kappa shape index (κ2) is 20.4. The van der Waals surface area contributed by atoms with Gasteiger partial charge in [-0.25, -0.2) is 0 Å². The van der Waals surface area contributed by atoms with Gasteiger partial charge in [-0.2, -0.15) is 18.7 Å². The molecule has 58 heavy (non-hydrogen) atoms. The van der Waals surface area contributed by atoms with Gasteiger partial charge in [0.25, 0.3) is 0 Å². The van der Waals surface area contributed by atoms with Crippen molar-refractivity contribution in [1.29, 1.82) is 0 Å². The molecule has 2 aliphatic heterocycles. The largest absolute Gasteiger partial charge is 0.497 e. The second-order valence-electron chi connectivity index (χ2n) is 14.0. The summed E-state index contributed by atoms with van der Waals surface area (Å²) in [4.78, 5) is 31.2. The molecule has 0 N–H and O–H groups in total. The van der Waals surface area contributed by atoms with Crippen molar-refractivity contribution in [2.75, 3.05) is 89.5 Å². The van der Waals surface area contributed by atoms with E-state index in [1.807, 2.05) is 84.9 Å². The summed E-state index contributed by atoms with van der Waals surface area (Å²) in [5.74, 6) is 3.30. The molecular weight excluding hydrogens is 812 g/mol. The van der Waals surface area contributed by atoms with Gasteiger partial charge in [0, 0.05) is 102 Å². The molecule has 4 heterocycles. The minimum absolute atomic E-state index is 0.127. The lowest BCUT2D eigenvalue weighted by Crippen LogP contribution is -2.48. The molecule has 0 amide bonds. The molecule has 2 aliphatic rings. The van der Waals surface area contributed by atoms with E-state index in [0.29, 0.717) is 17.1 Å². The Morgan fingerprint density at radius 2 is 1.05 bits per heavy atom. The number of ether oxygens (including phenoxy) is 2. The number of halogens is 2. The first-order chi connectivity index (χ1) is 28.3. The van der Waals surface area contributed by atoms with Gasteiger partial charge >= 0.3 is 0 Å². The Hall–Kier alpha value is -4.63. The van der Waals surface area contributed by atoms with Crippen LogP contribution in [0.1, 0.15) is 22.3 Å². The number of aryl methyl sites for hydroxylation is 1. The van der Waals surface area contributed by atoms with Gasteiger partial charge in [-0.15, -0.1) is 0 Å². The zero-order chi connectivity index (χ0) is 40.3. The van der Waals surface area contributed by atoms with Crippen LogP contribution >= 0.6 is 46.3 Å². The third-order valence-corrected chi connectivity index (χ3v) is 12.3. The number of Topliss-reactive ketones (excluding diaryl/α,β-unsaturated/α-hetero) is 1. The Bertz CT molecular complexity index is 2190. The molecular formula is C43H46Cl2N8O3S2. The van der Waals surface area contributed by atoms with E-state index in [2.05, 4.69) is 45.5 Å². The van der Waals surface area contributed by atoms with Gasteiger partial charge in [-0.3, -0.25) is 14.6 Å². The quantitative estimate of drug-likeness (QED) is 0.105. The molecule has 0 bridgehead atoms. The number of methoxy groups -OCH3 is 2. The number of piperazine rings is 2. The Morgan fingerprint density at radius 1 is 0.603 bits per heavy atom. The van der Waals surface area contributed by atoms with Crippen LogP contribution in [0.2, 0.25) is 10.0 Å². The van der Waals surface area contributed by atoms with Crippen LogP contribution in [0.4, 0.5) is 10.3 Å². The minimum Gasteiger partial charge on any atom is -0.497 e. The maximum Gasteiger partial charge on any atom is 0.205 e. The lowest BCUT2D eigenvalue weighted by atomic mass is 10.1. The summed E-state index contributed by atoms with van der Waals surface area (Å²) in [5.41, 5.74) is 4.05. The van der Waals surface area contributed by atoms with Gasteiger partial charge in [0.1, 0.15) is 11.5 Å². The summed E-state index contributed by atoms with van der Waals surface area (Å²) in [5, 5.41) is 3.35. The Morgan fingerprint density at radius 3 is 1.52 bits per heavy atom. The molecule has 0 atom stereocenters. The van der Waals surface area contributed by atoms with Crippen molar-refractivity contribution in [2.45, 2.75) is 12.8 Å². The summed E-state index contributed by atoms with van der Waals surface area (Å²) >= 11 is 14.8. The first-order valence-electron chi connectivity index (χ1n) is 19.3. The summed E-state index contributed by atoms with van der Waals surface area (Å²) in [6.07, 6.45) is 2.27. The van der Waals surface area contributed by atoms with Gasteiger partial charge < -0.3 is 19.3 Å². The van der Waals surface area contributed by atoms with E-state index in [1.54, 1.807) is 14.2 Å². The van der Waals surface area contributed by atoms with Crippen molar-refractivity contribution in [3.63, 3.8) is 0 Å². The van der Waals surface area contributed by atoms with E-state index in [-0.39, 0.29) is 5.78 Å². The molecule has 6 aromatic rings. The Balaban J connectivity index is 0.000000177. The van der Waals surface area contributed by atoms with E-state index < -0.39 is 0 Å². The molecule has 0 saturated carbocycles. The van der Waals surface area contributed by atoms with Gasteiger partial charge in [0.2, 0.25) is 10.3 Å². The zero-order valence-electron chi connectivity index (χ0n) is 32.6. The molecule has 11 nitrogen and oxygen atoms in total. The second-order valence-corrected chi connectivity index (χ2v) is 16.3. The van der Waals surface area contributed by atoms with E-state index in [4.69, 9.17) is 37.7 Å². The number of rotatable bonds is 13. The van der Waals surface area contributed by atoms with E-state index in [0.717, 1.165) is 115 Å². The van der Waals surface area contributed by atoms with E-state index in [1.165, 1.54) is 35.0 Å². The monoisotopic (exact) mass is 856 g/mol. The van der Waals surface area contributed by atoms with Gasteiger partial charge in [0.15, 0.2) is 17.4 Å². The number of hydrogen-bond acceptors (Lipinski definition) is 13. The summed E-state index contributed by atoms with van der Waals surface area (Å²) in [7, 11) is 3.32. The van der Waals surface area contributed by atoms with Crippen molar-refractivity contribution in [2.24, 2.45) is 0 Å². The van der Waals surface area contributed by atoms with Crippen LogP contribution in [0.15, 0.2) is 97.1 Å². The predicted molar refractivity (Wildman–Crippen MR) is 237 cm³/mol. The van der Waals surface area contributed by atoms with E-state index in [9.17, 15) is 4.79 Å². The molecule has 4 aromatic carbocycles. The van der Waals surface area contributed by atoms with Gasteiger partial charge in [-0.05, 0) is 110 Å². The van der Waals surface area contributed by atoms with Crippen molar-refractivity contribution in [3.05, 3.63) is 118 Å².